The predicted octanol–water partition coefficient (Wildman–Crippen LogP) is 3.09. The summed E-state index contributed by atoms with van der Waals surface area (Å²) in [5.74, 6) is -1.19. The van der Waals surface area contributed by atoms with Crippen molar-refractivity contribution in [3.05, 3.63) is 72.9 Å². The van der Waals surface area contributed by atoms with E-state index in [2.05, 4.69) is 0 Å². The van der Waals surface area contributed by atoms with Crippen LogP contribution in [0.15, 0.2) is 39.9 Å². The van der Waals surface area contributed by atoms with Gasteiger partial charge in [0.25, 0.3) is 5.56 Å². The molecule has 10 heteroatoms. The number of aromatic nitrogens is 2. The largest absolute Gasteiger partial charge is 0.464 e. The number of hydrogen-bond donors (Lipinski definition) is 0. The van der Waals surface area contributed by atoms with Gasteiger partial charge in [0.1, 0.15) is 6.54 Å². The highest BCUT2D eigenvalue weighted by Gasteiger charge is 2.24. The number of fused-ring (bicyclic) bond motifs is 1. The lowest BCUT2D eigenvalue weighted by Crippen LogP contribution is -2.41. The third-order valence-electron chi connectivity index (χ3n) is 5.76. The Kier molecular flexibility index (Phi) is 8.70. The maximum atomic E-state index is 13.7. The van der Waals surface area contributed by atoms with Gasteiger partial charge in [-0.2, -0.15) is 0 Å². The fourth-order valence-electron chi connectivity index (χ4n) is 4.12. The van der Waals surface area contributed by atoms with Gasteiger partial charge in [0.05, 0.1) is 40.4 Å². The van der Waals surface area contributed by atoms with E-state index in [4.69, 9.17) is 21.1 Å². The average Bonchev–Trinajstić information content (AvgIpc) is 2.80. The maximum Gasteiger partial charge on any atom is 0.338 e. The van der Waals surface area contributed by atoms with Gasteiger partial charge < -0.3 is 14.4 Å². The van der Waals surface area contributed by atoms with E-state index in [1.807, 2.05) is 19.0 Å². The van der Waals surface area contributed by atoms with Crippen LogP contribution in [-0.4, -0.2) is 59.8 Å². The van der Waals surface area contributed by atoms with E-state index >= 15 is 0 Å². The number of carbonyl (C=O) groups is 2. The van der Waals surface area contributed by atoms with E-state index in [-0.39, 0.29) is 40.4 Å². The van der Waals surface area contributed by atoms with Crippen molar-refractivity contribution >= 4 is 34.4 Å². The lowest BCUT2D eigenvalue weighted by molar-refractivity contribution is -0.144. The monoisotopic (exact) mass is 515 g/mol. The number of aryl methyl sites for hydroxylation is 2. The van der Waals surface area contributed by atoms with Crippen LogP contribution < -0.4 is 11.2 Å². The SMILES string of the molecule is CCOC(=O)c1c(C)cc2c(c1C)c(=O)n(-c1ccccc1Cl)c(=O)n2CC(=O)OCCCN(C)C. The number of benzene rings is 2. The summed E-state index contributed by atoms with van der Waals surface area (Å²) in [6, 6.07) is 7.97. The van der Waals surface area contributed by atoms with Crippen molar-refractivity contribution in [3.63, 3.8) is 0 Å². The summed E-state index contributed by atoms with van der Waals surface area (Å²) >= 11 is 6.33. The van der Waals surface area contributed by atoms with E-state index in [1.165, 1.54) is 10.6 Å². The number of rotatable bonds is 9. The number of esters is 2. The molecule has 1 aromatic heterocycles. The number of para-hydroxylation sites is 1. The second-order valence-electron chi connectivity index (χ2n) is 8.65. The van der Waals surface area contributed by atoms with Crippen molar-refractivity contribution in [3.8, 4) is 5.69 Å². The van der Waals surface area contributed by atoms with Crippen molar-refractivity contribution in [1.29, 1.82) is 0 Å². The molecule has 2 aromatic carbocycles. The Balaban J connectivity index is 2.26. The van der Waals surface area contributed by atoms with Crippen LogP contribution in [0.3, 0.4) is 0 Å². The van der Waals surface area contributed by atoms with Crippen molar-refractivity contribution < 1.29 is 19.1 Å². The maximum absolute atomic E-state index is 13.7. The second-order valence-corrected chi connectivity index (χ2v) is 9.05. The number of halogens is 1. The Morgan fingerprint density at radius 2 is 1.78 bits per heavy atom. The van der Waals surface area contributed by atoms with Crippen molar-refractivity contribution in [2.45, 2.75) is 33.7 Å². The molecule has 3 rings (SSSR count). The minimum Gasteiger partial charge on any atom is -0.464 e. The molecule has 0 amide bonds. The molecule has 0 N–H and O–H groups in total. The van der Waals surface area contributed by atoms with Gasteiger partial charge in [-0.1, -0.05) is 23.7 Å². The quantitative estimate of drug-likeness (QED) is 0.319. The molecule has 0 bridgehead atoms. The van der Waals surface area contributed by atoms with Gasteiger partial charge in [0.15, 0.2) is 0 Å². The second kappa shape index (κ2) is 11.5. The third kappa shape index (κ3) is 5.52. The molecule has 0 spiro atoms. The first-order valence-electron chi connectivity index (χ1n) is 11.6. The summed E-state index contributed by atoms with van der Waals surface area (Å²) in [5, 5.41) is 0.299. The first-order valence-corrected chi connectivity index (χ1v) is 12.0. The van der Waals surface area contributed by atoms with E-state index in [0.717, 1.165) is 11.1 Å². The standard InChI is InChI=1S/C26H30ClN3O6/c1-6-35-25(33)22-16(2)14-20-23(17(22)3)24(32)30(19-11-8-7-10-18(19)27)26(34)29(20)15-21(31)36-13-9-12-28(4)5/h7-8,10-11,14H,6,9,12-13,15H2,1-5H3. The van der Waals surface area contributed by atoms with E-state index < -0.39 is 29.7 Å². The molecule has 3 aromatic rings. The zero-order valence-electron chi connectivity index (χ0n) is 21.1. The van der Waals surface area contributed by atoms with Gasteiger partial charge in [-0.05, 0) is 70.6 Å². The summed E-state index contributed by atoms with van der Waals surface area (Å²) in [5.41, 5.74) is 0.102. The summed E-state index contributed by atoms with van der Waals surface area (Å²) in [6.45, 7) is 5.68. The van der Waals surface area contributed by atoms with Gasteiger partial charge in [-0.15, -0.1) is 0 Å². The Bertz CT molecular complexity index is 1420. The van der Waals surface area contributed by atoms with E-state index in [1.54, 1.807) is 45.0 Å². The van der Waals surface area contributed by atoms with Crippen LogP contribution in [0.5, 0.6) is 0 Å². The van der Waals surface area contributed by atoms with Crippen molar-refractivity contribution in [1.82, 2.24) is 14.0 Å². The molecule has 0 aliphatic carbocycles. The molecule has 9 nitrogen and oxygen atoms in total. The number of carbonyl (C=O) groups excluding carboxylic acids is 2. The summed E-state index contributed by atoms with van der Waals surface area (Å²) in [4.78, 5) is 54.7. The van der Waals surface area contributed by atoms with Crippen LogP contribution in [0.4, 0.5) is 0 Å². The molecule has 0 saturated carbocycles. The van der Waals surface area contributed by atoms with Crippen LogP contribution in [0.25, 0.3) is 16.6 Å². The zero-order valence-corrected chi connectivity index (χ0v) is 21.8. The van der Waals surface area contributed by atoms with Gasteiger partial charge >= 0.3 is 17.6 Å². The lowest BCUT2D eigenvalue weighted by atomic mass is 9.98. The predicted molar refractivity (Wildman–Crippen MR) is 138 cm³/mol. The normalized spacial score (nSPS) is 11.2. The Labute approximate surface area is 213 Å². The summed E-state index contributed by atoms with van der Waals surface area (Å²) in [7, 11) is 3.83. The first kappa shape index (κ1) is 27.2. The molecule has 0 unspecified atom stereocenters. The Morgan fingerprint density at radius 1 is 1.08 bits per heavy atom. The van der Waals surface area contributed by atoms with Crippen LogP contribution in [0, 0.1) is 13.8 Å². The van der Waals surface area contributed by atoms with Crippen LogP contribution in [0.2, 0.25) is 5.02 Å². The van der Waals surface area contributed by atoms with E-state index in [9.17, 15) is 19.2 Å². The zero-order chi connectivity index (χ0) is 26.6. The minimum absolute atomic E-state index is 0.114. The molecule has 0 atom stereocenters. The van der Waals surface area contributed by atoms with Crippen molar-refractivity contribution in [2.24, 2.45) is 0 Å². The fourth-order valence-corrected chi connectivity index (χ4v) is 4.34. The first-order chi connectivity index (χ1) is 17.1. The summed E-state index contributed by atoms with van der Waals surface area (Å²) < 4.78 is 12.6. The molecule has 0 aliphatic rings. The molecule has 0 fully saturated rings. The fraction of sp³-hybridized carbons (Fsp3) is 0.385. The highest BCUT2D eigenvalue weighted by atomic mass is 35.5. The van der Waals surface area contributed by atoms with Gasteiger partial charge in [-0.25, -0.2) is 14.2 Å². The molecular weight excluding hydrogens is 486 g/mol. The Hall–Kier alpha value is -3.43. The molecule has 36 heavy (non-hydrogen) atoms. The molecule has 0 saturated heterocycles. The lowest BCUT2D eigenvalue weighted by Gasteiger charge is -2.18. The van der Waals surface area contributed by atoms with Gasteiger partial charge in [0.2, 0.25) is 0 Å². The highest BCUT2D eigenvalue weighted by molar-refractivity contribution is 6.32. The van der Waals surface area contributed by atoms with Crippen LogP contribution >= 0.6 is 11.6 Å². The molecule has 1 heterocycles. The number of nitrogens with zero attached hydrogens (tertiary/aromatic N) is 3. The number of ether oxygens (including phenoxy) is 2. The van der Waals surface area contributed by atoms with Crippen LogP contribution in [-0.2, 0) is 20.8 Å². The average molecular weight is 516 g/mol. The smallest absolute Gasteiger partial charge is 0.338 e. The topological polar surface area (TPSA) is 99.8 Å². The molecular formula is C26H30ClN3O6. The van der Waals surface area contributed by atoms with Gasteiger partial charge in [-0.3, -0.25) is 14.2 Å². The van der Waals surface area contributed by atoms with Gasteiger partial charge in [0, 0.05) is 6.54 Å². The molecule has 0 radical (unpaired) electrons. The minimum atomic E-state index is -0.742. The van der Waals surface area contributed by atoms with E-state index in [0.29, 0.717) is 17.5 Å². The number of hydrogen-bond acceptors (Lipinski definition) is 7. The van der Waals surface area contributed by atoms with Crippen molar-refractivity contribution in [2.75, 3.05) is 33.9 Å². The van der Waals surface area contributed by atoms with Crippen LogP contribution in [0.1, 0.15) is 34.8 Å². The third-order valence-corrected chi connectivity index (χ3v) is 6.08. The highest BCUT2D eigenvalue weighted by Crippen LogP contribution is 2.25. The molecule has 192 valence electrons. The summed E-state index contributed by atoms with van der Waals surface area (Å²) in [6.07, 6.45) is 0.634. The molecule has 0 aliphatic heterocycles. The Morgan fingerprint density at radius 3 is 2.42 bits per heavy atom.